The minimum absolute atomic E-state index is 0.0719. The van der Waals surface area contributed by atoms with Crippen molar-refractivity contribution >= 4 is 0 Å². The fourth-order valence-electron chi connectivity index (χ4n) is 2.73. The maximum atomic E-state index is 13.2. The second kappa shape index (κ2) is 4.75. The number of aryl methyl sites for hydroxylation is 1. The highest BCUT2D eigenvalue weighted by molar-refractivity contribution is 5.28. The Hall–Kier alpha value is -0.930. The zero-order chi connectivity index (χ0) is 12.5. The van der Waals surface area contributed by atoms with Crippen LogP contribution in [0.25, 0.3) is 0 Å². The maximum Gasteiger partial charge on any atom is 0.123 e. The molecular formula is C14H20FNO. The molecule has 2 unspecified atom stereocenters. The summed E-state index contributed by atoms with van der Waals surface area (Å²) in [4.78, 5) is 0. The lowest BCUT2D eigenvalue weighted by molar-refractivity contribution is -0.00207. The summed E-state index contributed by atoms with van der Waals surface area (Å²) in [7, 11) is 0. The van der Waals surface area contributed by atoms with Gasteiger partial charge in [0.05, 0.1) is 5.60 Å². The summed E-state index contributed by atoms with van der Waals surface area (Å²) in [5, 5.41) is 10.5. The molecule has 0 saturated heterocycles. The van der Waals surface area contributed by atoms with Gasteiger partial charge in [-0.2, -0.15) is 0 Å². The van der Waals surface area contributed by atoms with Crippen LogP contribution in [0.3, 0.4) is 0 Å². The molecule has 0 aromatic heterocycles. The number of rotatable bonds is 2. The molecule has 0 aliphatic heterocycles. The third-order valence-electron chi connectivity index (χ3n) is 3.69. The Balaban J connectivity index is 2.16. The van der Waals surface area contributed by atoms with Crippen LogP contribution in [0, 0.1) is 12.7 Å². The molecule has 0 amide bonds. The van der Waals surface area contributed by atoms with Crippen molar-refractivity contribution in [1.29, 1.82) is 0 Å². The second-order valence-corrected chi connectivity index (χ2v) is 5.33. The predicted molar refractivity (Wildman–Crippen MR) is 66.2 cm³/mol. The van der Waals surface area contributed by atoms with Gasteiger partial charge in [-0.25, -0.2) is 4.39 Å². The smallest absolute Gasteiger partial charge is 0.123 e. The Labute approximate surface area is 102 Å². The zero-order valence-electron chi connectivity index (χ0n) is 10.2. The van der Waals surface area contributed by atoms with Gasteiger partial charge in [-0.3, -0.25) is 0 Å². The zero-order valence-corrected chi connectivity index (χ0v) is 10.2. The van der Waals surface area contributed by atoms with E-state index in [9.17, 15) is 9.50 Å². The van der Waals surface area contributed by atoms with Gasteiger partial charge < -0.3 is 10.8 Å². The van der Waals surface area contributed by atoms with Gasteiger partial charge in [-0.1, -0.05) is 6.07 Å². The Morgan fingerprint density at radius 3 is 3.00 bits per heavy atom. The van der Waals surface area contributed by atoms with E-state index < -0.39 is 5.60 Å². The SMILES string of the molecule is Cc1ccc(F)cc1CC1(O)CCCC(N)C1. The van der Waals surface area contributed by atoms with Crippen LogP contribution in [0.4, 0.5) is 4.39 Å². The normalized spacial score (nSPS) is 29.3. The van der Waals surface area contributed by atoms with Crippen molar-refractivity contribution in [1.82, 2.24) is 0 Å². The monoisotopic (exact) mass is 237 g/mol. The number of hydrogen-bond acceptors (Lipinski definition) is 2. The van der Waals surface area contributed by atoms with E-state index in [0.29, 0.717) is 12.8 Å². The number of hydrogen-bond donors (Lipinski definition) is 2. The van der Waals surface area contributed by atoms with Crippen LogP contribution in [-0.4, -0.2) is 16.7 Å². The fraction of sp³-hybridized carbons (Fsp3) is 0.571. The number of halogens is 1. The van der Waals surface area contributed by atoms with Gasteiger partial charge in [0, 0.05) is 12.5 Å². The summed E-state index contributed by atoms with van der Waals surface area (Å²) < 4.78 is 13.2. The second-order valence-electron chi connectivity index (χ2n) is 5.33. The average molecular weight is 237 g/mol. The topological polar surface area (TPSA) is 46.2 Å². The van der Waals surface area contributed by atoms with Gasteiger partial charge >= 0.3 is 0 Å². The summed E-state index contributed by atoms with van der Waals surface area (Å²) in [5.74, 6) is -0.241. The average Bonchev–Trinajstić information content (AvgIpc) is 2.22. The van der Waals surface area contributed by atoms with Crippen molar-refractivity contribution in [3.63, 3.8) is 0 Å². The van der Waals surface area contributed by atoms with Gasteiger partial charge in [0.25, 0.3) is 0 Å². The van der Waals surface area contributed by atoms with Crippen molar-refractivity contribution in [2.75, 3.05) is 0 Å². The molecule has 1 aromatic carbocycles. The molecule has 1 fully saturated rings. The van der Waals surface area contributed by atoms with E-state index >= 15 is 0 Å². The van der Waals surface area contributed by atoms with Gasteiger partial charge in [-0.05, 0) is 55.9 Å². The Morgan fingerprint density at radius 2 is 2.29 bits per heavy atom. The maximum absolute atomic E-state index is 13.2. The minimum atomic E-state index is -0.754. The molecule has 3 heteroatoms. The summed E-state index contributed by atoms with van der Waals surface area (Å²) in [6.07, 6.45) is 3.81. The van der Waals surface area contributed by atoms with Crippen LogP contribution in [0.15, 0.2) is 18.2 Å². The van der Waals surface area contributed by atoms with Crippen molar-refractivity contribution in [2.24, 2.45) is 5.73 Å². The van der Waals surface area contributed by atoms with Gasteiger partial charge in [-0.15, -0.1) is 0 Å². The molecule has 1 saturated carbocycles. The molecule has 2 atom stereocenters. The summed E-state index contributed by atoms with van der Waals surface area (Å²) >= 11 is 0. The molecular weight excluding hydrogens is 217 g/mol. The van der Waals surface area contributed by atoms with Crippen molar-refractivity contribution in [3.8, 4) is 0 Å². The number of aliphatic hydroxyl groups is 1. The Morgan fingerprint density at radius 1 is 1.53 bits per heavy atom. The standard InChI is InChI=1S/C14H20FNO/c1-10-4-5-12(15)7-11(10)8-14(17)6-2-3-13(16)9-14/h4-5,7,13,17H,2-3,6,8-9,16H2,1H3. The third-order valence-corrected chi connectivity index (χ3v) is 3.69. The van der Waals surface area contributed by atoms with Crippen molar-refractivity contribution in [2.45, 2.75) is 50.7 Å². The van der Waals surface area contributed by atoms with E-state index in [1.807, 2.05) is 6.92 Å². The molecule has 0 bridgehead atoms. The highest BCUT2D eigenvalue weighted by atomic mass is 19.1. The molecule has 2 nitrogen and oxygen atoms in total. The minimum Gasteiger partial charge on any atom is -0.389 e. The largest absolute Gasteiger partial charge is 0.389 e. The molecule has 94 valence electrons. The first-order valence-electron chi connectivity index (χ1n) is 6.21. The molecule has 1 aliphatic carbocycles. The first kappa shape index (κ1) is 12.5. The molecule has 17 heavy (non-hydrogen) atoms. The summed E-state index contributed by atoms with van der Waals surface area (Å²) in [5.41, 5.74) is 7.06. The van der Waals surface area contributed by atoms with E-state index in [2.05, 4.69) is 0 Å². The van der Waals surface area contributed by atoms with Crippen LogP contribution in [0.2, 0.25) is 0 Å². The van der Waals surface area contributed by atoms with Crippen molar-refractivity contribution < 1.29 is 9.50 Å². The highest BCUT2D eigenvalue weighted by Gasteiger charge is 2.33. The number of nitrogens with two attached hydrogens (primary N) is 1. The lowest BCUT2D eigenvalue weighted by Gasteiger charge is -2.35. The number of benzene rings is 1. The highest BCUT2D eigenvalue weighted by Crippen LogP contribution is 2.31. The first-order valence-corrected chi connectivity index (χ1v) is 6.21. The Bertz CT molecular complexity index is 407. The quantitative estimate of drug-likeness (QED) is 0.829. The van der Waals surface area contributed by atoms with Crippen LogP contribution in [-0.2, 0) is 6.42 Å². The van der Waals surface area contributed by atoms with E-state index in [4.69, 9.17) is 5.73 Å². The van der Waals surface area contributed by atoms with Gasteiger partial charge in [0.1, 0.15) is 5.82 Å². The van der Waals surface area contributed by atoms with Crippen LogP contribution in [0.1, 0.15) is 36.8 Å². The van der Waals surface area contributed by atoms with Crippen LogP contribution in [0.5, 0.6) is 0 Å². The Kier molecular flexibility index (Phi) is 3.50. The predicted octanol–water partition coefficient (Wildman–Crippen LogP) is 2.31. The molecule has 2 rings (SSSR count). The van der Waals surface area contributed by atoms with E-state index in [1.54, 1.807) is 6.07 Å². The molecule has 0 heterocycles. The summed E-state index contributed by atoms with van der Waals surface area (Å²) in [6, 6.07) is 4.81. The lowest BCUT2D eigenvalue weighted by atomic mass is 9.78. The fourth-order valence-corrected chi connectivity index (χ4v) is 2.73. The summed E-state index contributed by atoms with van der Waals surface area (Å²) in [6.45, 7) is 1.95. The first-order chi connectivity index (χ1) is 7.98. The van der Waals surface area contributed by atoms with Crippen LogP contribution < -0.4 is 5.73 Å². The van der Waals surface area contributed by atoms with E-state index in [1.165, 1.54) is 12.1 Å². The molecule has 0 spiro atoms. The van der Waals surface area contributed by atoms with E-state index in [0.717, 1.165) is 30.4 Å². The molecule has 0 radical (unpaired) electrons. The van der Waals surface area contributed by atoms with E-state index in [-0.39, 0.29) is 11.9 Å². The molecule has 1 aliphatic rings. The van der Waals surface area contributed by atoms with Crippen LogP contribution >= 0.6 is 0 Å². The third kappa shape index (κ3) is 3.05. The molecule has 1 aromatic rings. The van der Waals surface area contributed by atoms with Gasteiger partial charge in [0.2, 0.25) is 0 Å². The molecule has 3 N–H and O–H groups in total. The van der Waals surface area contributed by atoms with Gasteiger partial charge in [0.15, 0.2) is 0 Å². The lowest BCUT2D eigenvalue weighted by Crippen LogP contribution is -2.42. The van der Waals surface area contributed by atoms with Crippen molar-refractivity contribution in [3.05, 3.63) is 35.1 Å².